The van der Waals surface area contributed by atoms with Gasteiger partial charge in [-0.15, -0.1) is 12.4 Å². The fourth-order valence-corrected chi connectivity index (χ4v) is 3.24. The monoisotopic (exact) mass is 383 g/mol. The smallest absolute Gasteiger partial charge is 0.254 e. The number of hydrogen-bond donors (Lipinski definition) is 2. The maximum Gasteiger partial charge on any atom is 0.254 e. The van der Waals surface area contributed by atoms with E-state index in [1.54, 1.807) is 30.2 Å². The third kappa shape index (κ3) is 5.09. The van der Waals surface area contributed by atoms with Gasteiger partial charge in [-0.05, 0) is 37.6 Å². The van der Waals surface area contributed by atoms with Crippen LogP contribution in [0.5, 0.6) is 5.75 Å². The van der Waals surface area contributed by atoms with E-state index in [4.69, 9.17) is 9.47 Å². The number of nitrogens with one attached hydrogen (secondary N) is 2. The molecule has 2 fully saturated rings. The Kier molecular flexibility index (Phi) is 7.68. The summed E-state index contributed by atoms with van der Waals surface area (Å²) in [6.07, 6.45) is 2.54. The van der Waals surface area contributed by atoms with Crippen molar-refractivity contribution in [1.82, 2.24) is 10.2 Å². The van der Waals surface area contributed by atoms with Crippen LogP contribution < -0.4 is 15.4 Å². The molecule has 2 N–H and O–H groups in total. The van der Waals surface area contributed by atoms with Crippen molar-refractivity contribution in [3.05, 3.63) is 23.8 Å². The van der Waals surface area contributed by atoms with Gasteiger partial charge in [0.2, 0.25) is 5.91 Å². The summed E-state index contributed by atoms with van der Waals surface area (Å²) in [4.78, 5) is 26.7. The van der Waals surface area contributed by atoms with Crippen molar-refractivity contribution in [2.24, 2.45) is 0 Å². The molecule has 0 radical (unpaired) electrons. The summed E-state index contributed by atoms with van der Waals surface area (Å²) in [6, 6.07) is 5.36. The van der Waals surface area contributed by atoms with E-state index in [-0.39, 0.29) is 30.3 Å². The van der Waals surface area contributed by atoms with Crippen LogP contribution >= 0.6 is 12.4 Å². The second-order valence-corrected chi connectivity index (χ2v) is 6.37. The number of anilines is 1. The summed E-state index contributed by atoms with van der Waals surface area (Å²) in [7, 11) is 1.55. The van der Waals surface area contributed by atoms with Crippen molar-refractivity contribution < 1.29 is 19.1 Å². The van der Waals surface area contributed by atoms with E-state index < -0.39 is 0 Å². The van der Waals surface area contributed by atoms with Gasteiger partial charge >= 0.3 is 0 Å². The number of nitrogens with zero attached hydrogens (tertiary/aromatic N) is 1. The van der Waals surface area contributed by atoms with Crippen molar-refractivity contribution in [3.8, 4) is 5.75 Å². The molecule has 26 heavy (non-hydrogen) atoms. The molecule has 8 heteroatoms. The second-order valence-electron chi connectivity index (χ2n) is 6.37. The van der Waals surface area contributed by atoms with Crippen LogP contribution in [-0.2, 0) is 9.53 Å². The summed E-state index contributed by atoms with van der Waals surface area (Å²) >= 11 is 0. The SMILES string of the molecule is COc1ccc(C(=O)N2CCOCC2)cc1NC(=O)CC1CCCN1.Cl. The number of carbonyl (C=O) groups excluding carboxylic acids is 2. The minimum atomic E-state index is -0.0753. The molecule has 7 nitrogen and oxygen atoms in total. The Hall–Kier alpha value is -1.83. The second kappa shape index (κ2) is 9.75. The van der Waals surface area contributed by atoms with E-state index >= 15 is 0 Å². The van der Waals surface area contributed by atoms with E-state index in [1.807, 2.05) is 0 Å². The molecule has 1 aromatic rings. The minimum Gasteiger partial charge on any atom is -0.495 e. The largest absolute Gasteiger partial charge is 0.495 e. The highest BCUT2D eigenvalue weighted by Gasteiger charge is 2.21. The fraction of sp³-hybridized carbons (Fsp3) is 0.556. The first-order valence-electron chi connectivity index (χ1n) is 8.75. The van der Waals surface area contributed by atoms with Gasteiger partial charge in [-0.3, -0.25) is 9.59 Å². The first-order valence-corrected chi connectivity index (χ1v) is 8.75. The molecular weight excluding hydrogens is 358 g/mol. The van der Waals surface area contributed by atoms with Crippen molar-refractivity contribution >= 4 is 29.9 Å². The molecule has 2 aliphatic rings. The van der Waals surface area contributed by atoms with Gasteiger partial charge < -0.3 is 25.0 Å². The highest BCUT2D eigenvalue weighted by Crippen LogP contribution is 2.27. The average Bonchev–Trinajstić information content (AvgIpc) is 3.14. The predicted octanol–water partition coefficient (Wildman–Crippen LogP) is 1.67. The Morgan fingerprint density at radius 2 is 2.12 bits per heavy atom. The number of halogens is 1. The lowest BCUT2D eigenvalue weighted by atomic mass is 10.1. The Bertz CT molecular complexity index is 629. The lowest BCUT2D eigenvalue weighted by Gasteiger charge is -2.27. The zero-order chi connectivity index (χ0) is 17.6. The van der Waals surface area contributed by atoms with E-state index in [9.17, 15) is 9.59 Å². The van der Waals surface area contributed by atoms with Gasteiger partial charge in [-0.2, -0.15) is 0 Å². The first-order chi connectivity index (χ1) is 12.2. The van der Waals surface area contributed by atoms with Crippen molar-refractivity contribution in [1.29, 1.82) is 0 Å². The summed E-state index contributed by atoms with van der Waals surface area (Å²) < 4.78 is 10.6. The average molecular weight is 384 g/mol. The number of rotatable bonds is 5. The summed E-state index contributed by atoms with van der Waals surface area (Å²) in [5, 5.41) is 6.20. The molecule has 0 aliphatic carbocycles. The molecule has 2 amide bonds. The molecule has 1 aromatic carbocycles. The van der Waals surface area contributed by atoms with E-state index in [0.29, 0.717) is 49.7 Å². The van der Waals surface area contributed by atoms with Crippen molar-refractivity contribution in [3.63, 3.8) is 0 Å². The van der Waals surface area contributed by atoms with Crippen LogP contribution in [0.2, 0.25) is 0 Å². The van der Waals surface area contributed by atoms with Crippen LogP contribution in [0.15, 0.2) is 18.2 Å². The molecule has 3 rings (SSSR count). The molecule has 0 spiro atoms. The highest BCUT2D eigenvalue weighted by atomic mass is 35.5. The van der Waals surface area contributed by atoms with Gasteiger partial charge in [-0.25, -0.2) is 0 Å². The lowest BCUT2D eigenvalue weighted by Crippen LogP contribution is -2.40. The van der Waals surface area contributed by atoms with Crippen LogP contribution in [0, 0.1) is 0 Å². The molecule has 0 aromatic heterocycles. The Labute approximate surface area is 159 Å². The van der Waals surface area contributed by atoms with Gasteiger partial charge in [0, 0.05) is 31.1 Å². The number of carbonyl (C=O) groups is 2. The Morgan fingerprint density at radius 3 is 2.77 bits per heavy atom. The number of hydrogen-bond acceptors (Lipinski definition) is 5. The normalized spacial score (nSPS) is 19.6. The van der Waals surface area contributed by atoms with Gasteiger partial charge in [-0.1, -0.05) is 0 Å². The highest BCUT2D eigenvalue weighted by molar-refractivity contribution is 5.98. The van der Waals surface area contributed by atoms with E-state index in [1.165, 1.54) is 0 Å². The molecule has 144 valence electrons. The zero-order valence-electron chi connectivity index (χ0n) is 15.0. The number of ether oxygens (including phenoxy) is 2. The van der Waals surface area contributed by atoms with Crippen LogP contribution in [0.4, 0.5) is 5.69 Å². The van der Waals surface area contributed by atoms with Crippen molar-refractivity contribution in [2.75, 3.05) is 45.3 Å². The molecule has 2 heterocycles. The Balaban J connectivity index is 0.00000243. The number of amides is 2. The summed E-state index contributed by atoms with van der Waals surface area (Å²) in [5.74, 6) is 0.416. The van der Waals surface area contributed by atoms with Gasteiger partial charge in [0.1, 0.15) is 5.75 Å². The standard InChI is InChI=1S/C18H25N3O4.ClH/c1-24-16-5-4-13(18(23)21-7-9-25-10-8-21)11-15(16)20-17(22)12-14-3-2-6-19-14;/h4-5,11,14,19H,2-3,6-10,12H2,1H3,(H,20,22);1H. The third-order valence-corrected chi connectivity index (χ3v) is 4.61. The number of morpholine rings is 1. The molecule has 1 unspecified atom stereocenters. The maximum atomic E-state index is 12.6. The van der Waals surface area contributed by atoms with Gasteiger partial charge in [0.25, 0.3) is 5.91 Å². The van der Waals surface area contributed by atoms with Gasteiger partial charge in [0.05, 0.1) is 26.0 Å². The molecule has 1 atom stereocenters. The zero-order valence-corrected chi connectivity index (χ0v) is 15.8. The Morgan fingerprint density at radius 1 is 1.35 bits per heavy atom. The molecule has 0 bridgehead atoms. The van der Waals surface area contributed by atoms with Gasteiger partial charge in [0.15, 0.2) is 0 Å². The molecule has 2 saturated heterocycles. The fourth-order valence-electron chi connectivity index (χ4n) is 3.24. The topological polar surface area (TPSA) is 79.9 Å². The first kappa shape index (κ1) is 20.5. The van der Waals surface area contributed by atoms with E-state index in [2.05, 4.69) is 10.6 Å². The number of benzene rings is 1. The number of methoxy groups -OCH3 is 1. The molecule has 0 saturated carbocycles. The minimum absolute atomic E-state index is 0. The van der Waals surface area contributed by atoms with Crippen molar-refractivity contribution in [2.45, 2.75) is 25.3 Å². The molecule has 2 aliphatic heterocycles. The lowest BCUT2D eigenvalue weighted by molar-refractivity contribution is -0.116. The van der Waals surface area contributed by atoms with Crippen LogP contribution in [0.25, 0.3) is 0 Å². The predicted molar refractivity (Wildman–Crippen MR) is 101 cm³/mol. The summed E-state index contributed by atoms with van der Waals surface area (Å²) in [5.41, 5.74) is 1.07. The van der Waals surface area contributed by atoms with Crippen LogP contribution in [0.3, 0.4) is 0 Å². The van der Waals surface area contributed by atoms with Crippen LogP contribution in [0.1, 0.15) is 29.6 Å². The van der Waals surface area contributed by atoms with E-state index in [0.717, 1.165) is 19.4 Å². The quantitative estimate of drug-likeness (QED) is 0.808. The van der Waals surface area contributed by atoms with Crippen LogP contribution in [-0.4, -0.2) is 62.7 Å². The maximum absolute atomic E-state index is 12.6. The third-order valence-electron chi connectivity index (χ3n) is 4.61. The summed E-state index contributed by atoms with van der Waals surface area (Å²) in [6.45, 7) is 3.24. The molecular formula is C18H26ClN3O4.